The van der Waals surface area contributed by atoms with E-state index in [2.05, 4.69) is 46.6 Å². The van der Waals surface area contributed by atoms with Crippen LogP contribution in [0.3, 0.4) is 0 Å². The van der Waals surface area contributed by atoms with E-state index in [9.17, 15) is 9.59 Å². The Morgan fingerprint density at radius 2 is 1.27 bits per heavy atom. The number of hydrogen-bond donors (Lipinski definition) is 0. The predicted octanol–water partition coefficient (Wildman–Crippen LogP) is 6.32. The van der Waals surface area contributed by atoms with Crippen molar-refractivity contribution in [3.05, 3.63) is 0 Å². The normalized spacial score (nSPS) is 24.7. The Hall–Kier alpha value is -0.900. The molecule has 2 fully saturated rings. The van der Waals surface area contributed by atoms with Crippen molar-refractivity contribution in [3.8, 4) is 0 Å². The highest BCUT2D eigenvalue weighted by molar-refractivity contribution is 6.03. The van der Waals surface area contributed by atoms with E-state index < -0.39 is 0 Å². The van der Waals surface area contributed by atoms with Gasteiger partial charge in [-0.2, -0.15) is 0 Å². The third-order valence-corrected chi connectivity index (χ3v) is 7.83. The molecule has 4 heteroatoms. The van der Waals surface area contributed by atoms with Gasteiger partial charge in [0.05, 0.1) is 0 Å². The van der Waals surface area contributed by atoms with E-state index in [-0.39, 0.29) is 34.9 Å². The Kier molecular flexibility index (Phi) is 9.39. The highest BCUT2D eigenvalue weighted by Crippen LogP contribution is 2.41. The summed E-state index contributed by atoms with van der Waals surface area (Å²) >= 11 is 0. The zero-order valence-corrected chi connectivity index (χ0v) is 20.8. The van der Waals surface area contributed by atoms with Crippen molar-refractivity contribution in [1.29, 1.82) is 0 Å². The molecule has 2 aliphatic rings. The molecule has 2 heterocycles. The molecule has 0 radical (unpaired) electrons. The summed E-state index contributed by atoms with van der Waals surface area (Å²) in [6.45, 7) is 11.2. The highest BCUT2D eigenvalue weighted by atomic mass is 16.2. The first-order chi connectivity index (χ1) is 14.1. The molecule has 1 unspecified atom stereocenters. The third kappa shape index (κ3) is 6.55. The lowest BCUT2D eigenvalue weighted by molar-refractivity contribution is -0.146. The quantitative estimate of drug-likeness (QED) is 0.274. The van der Waals surface area contributed by atoms with Crippen LogP contribution < -0.4 is 0 Å². The van der Waals surface area contributed by atoms with Gasteiger partial charge in [-0.3, -0.25) is 19.4 Å². The Labute approximate surface area is 186 Å². The molecule has 174 valence electrons. The summed E-state index contributed by atoms with van der Waals surface area (Å²) < 4.78 is 0. The van der Waals surface area contributed by atoms with E-state index in [0.717, 1.165) is 25.7 Å². The first kappa shape index (κ1) is 25.4. The van der Waals surface area contributed by atoms with Crippen molar-refractivity contribution >= 4 is 11.8 Å². The standard InChI is InChI=1S/C26H48N2O2/c1-7-8-9-10-11-12-13-14-15-16-17-21-18-23(29)28(24(21)30)22-19-25(2,3)27(6)26(4,5)20-22/h21-22H,7-20H2,1-6H3. The molecule has 0 aromatic rings. The van der Waals surface area contributed by atoms with Crippen LogP contribution in [0.15, 0.2) is 0 Å². The number of rotatable bonds is 12. The van der Waals surface area contributed by atoms with Crippen molar-refractivity contribution in [1.82, 2.24) is 9.80 Å². The Bertz CT molecular complexity index is 551. The fraction of sp³-hybridized carbons (Fsp3) is 0.923. The zero-order valence-electron chi connectivity index (χ0n) is 20.8. The minimum absolute atomic E-state index is 0.0123. The fourth-order valence-corrected chi connectivity index (χ4v) is 5.70. The van der Waals surface area contributed by atoms with Crippen molar-refractivity contribution in [2.24, 2.45) is 5.92 Å². The molecule has 0 aromatic carbocycles. The van der Waals surface area contributed by atoms with E-state index >= 15 is 0 Å². The minimum atomic E-state index is -0.0718. The molecule has 0 aromatic heterocycles. The van der Waals surface area contributed by atoms with Crippen LogP contribution in [0.5, 0.6) is 0 Å². The summed E-state index contributed by atoms with van der Waals surface area (Å²) in [5, 5.41) is 0. The molecule has 0 bridgehead atoms. The van der Waals surface area contributed by atoms with E-state index in [4.69, 9.17) is 0 Å². The van der Waals surface area contributed by atoms with E-state index in [1.54, 1.807) is 4.90 Å². The van der Waals surface area contributed by atoms with E-state index in [1.165, 1.54) is 57.8 Å². The van der Waals surface area contributed by atoms with E-state index in [0.29, 0.717) is 6.42 Å². The lowest BCUT2D eigenvalue weighted by atomic mass is 9.77. The average molecular weight is 421 g/mol. The first-order valence-electron chi connectivity index (χ1n) is 12.7. The van der Waals surface area contributed by atoms with Crippen LogP contribution in [0.4, 0.5) is 0 Å². The molecule has 2 saturated heterocycles. The van der Waals surface area contributed by atoms with Gasteiger partial charge in [0.2, 0.25) is 11.8 Å². The molecule has 30 heavy (non-hydrogen) atoms. The summed E-state index contributed by atoms with van der Waals surface area (Å²) in [6.07, 6.45) is 16.1. The van der Waals surface area contributed by atoms with Gasteiger partial charge < -0.3 is 0 Å². The number of carbonyl (C=O) groups excluding carboxylic acids is 2. The molecule has 0 aliphatic carbocycles. The smallest absolute Gasteiger partial charge is 0.233 e. The topological polar surface area (TPSA) is 40.6 Å². The lowest BCUT2D eigenvalue weighted by Crippen LogP contribution is -2.63. The van der Waals surface area contributed by atoms with Crippen molar-refractivity contribution in [2.45, 2.75) is 142 Å². The maximum Gasteiger partial charge on any atom is 0.233 e. The fourth-order valence-electron chi connectivity index (χ4n) is 5.70. The predicted molar refractivity (Wildman–Crippen MR) is 125 cm³/mol. The summed E-state index contributed by atoms with van der Waals surface area (Å²) in [5.74, 6) is 0.104. The van der Waals surface area contributed by atoms with Crippen LogP contribution >= 0.6 is 0 Å². The summed E-state index contributed by atoms with van der Waals surface area (Å²) in [6, 6.07) is 0.0453. The number of imide groups is 1. The van der Waals surface area contributed by atoms with Crippen LogP contribution in [0, 0.1) is 5.92 Å². The van der Waals surface area contributed by atoms with Gasteiger partial charge in [-0.1, -0.05) is 71.1 Å². The van der Waals surface area contributed by atoms with Gasteiger partial charge in [-0.05, 0) is 54.0 Å². The third-order valence-electron chi connectivity index (χ3n) is 7.83. The van der Waals surface area contributed by atoms with Gasteiger partial charge in [-0.15, -0.1) is 0 Å². The molecule has 4 nitrogen and oxygen atoms in total. The molecular weight excluding hydrogens is 372 g/mol. The number of nitrogens with zero attached hydrogens (tertiary/aromatic N) is 2. The number of piperidine rings is 1. The number of hydrogen-bond acceptors (Lipinski definition) is 3. The SMILES string of the molecule is CCCCCCCCCCCCC1CC(=O)N(C2CC(C)(C)N(C)C(C)(C)C2)C1=O. The van der Waals surface area contributed by atoms with Crippen LogP contribution in [-0.4, -0.2) is 45.8 Å². The van der Waals surface area contributed by atoms with Gasteiger partial charge in [0.1, 0.15) is 0 Å². The summed E-state index contributed by atoms with van der Waals surface area (Å²) in [7, 11) is 2.16. The second-order valence-corrected chi connectivity index (χ2v) is 11.2. The molecule has 2 rings (SSSR count). The van der Waals surface area contributed by atoms with Gasteiger partial charge in [0.25, 0.3) is 0 Å². The first-order valence-corrected chi connectivity index (χ1v) is 12.7. The van der Waals surface area contributed by atoms with Gasteiger partial charge in [-0.25, -0.2) is 0 Å². The molecular formula is C26H48N2O2. The van der Waals surface area contributed by atoms with Crippen molar-refractivity contribution in [3.63, 3.8) is 0 Å². The zero-order chi connectivity index (χ0) is 22.4. The number of amides is 2. The number of unbranched alkanes of at least 4 members (excludes halogenated alkanes) is 9. The molecule has 0 spiro atoms. The molecule has 2 aliphatic heterocycles. The molecule has 0 saturated carbocycles. The average Bonchev–Trinajstić information content (AvgIpc) is 2.94. The van der Waals surface area contributed by atoms with Gasteiger partial charge >= 0.3 is 0 Å². The van der Waals surface area contributed by atoms with Gasteiger partial charge in [0, 0.05) is 29.5 Å². The monoisotopic (exact) mass is 420 g/mol. The van der Waals surface area contributed by atoms with E-state index in [1.807, 2.05) is 0 Å². The Balaban J connectivity index is 1.73. The number of carbonyl (C=O) groups is 2. The highest BCUT2D eigenvalue weighted by Gasteiger charge is 2.50. The van der Waals surface area contributed by atoms with Crippen LogP contribution in [0.2, 0.25) is 0 Å². The lowest BCUT2D eigenvalue weighted by Gasteiger charge is -2.54. The van der Waals surface area contributed by atoms with Crippen molar-refractivity contribution in [2.75, 3.05) is 7.05 Å². The maximum absolute atomic E-state index is 13.1. The Morgan fingerprint density at radius 1 is 0.800 bits per heavy atom. The minimum Gasteiger partial charge on any atom is -0.296 e. The molecule has 2 amide bonds. The van der Waals surface area contributed by atoms with Crippen LogP contribution in [-0.2, 0) is 9.59 Å². The second kappa shape index (κ2) is 11.1. The van der Waals surface area contributed by atoms with Crippen LogP contribution in [0.25, 0.3) is 0 Å². The summed E-state index contributed by atoms with van der Waals surface area (Å²) in [4.78, 5) is 29.9. The molecule has 1 atom stereocenters. The Morgan fingerprint density at radius 3 is 1.77 bits per heavy atom. The largest absolute Gasteiger partial charge is 0.296 e. The number of likely N-dealkylation sites (tertiary alicyclic amines) is 2. The second-order valence-electron chi connectivity index (χ2n) is 11.2. The molecule has 0 N–H and O–H groups in total. The van der Waals surface area contributed by atoms with Gasteiger partial charge in [0.15, 0.2) is 0 Å². The van der Waals surface area contributed by atoms with Crippen LogP contribution in [0.1, 0.15) is 125 Å². The van der Waals surface area contributed by atoms with Crippen molar-refractivity contribution < 1.29 is 9.59 Å². The maximum atomic E-state index is 13.1. The summed E-state index contributed by atoms with van der Waals surface area (Å²) in [5.41, 5.74) is -0.0246.